The Morgan fingerprint density at radius 3 is 2.53 bits per heavy atom. The Kier molecular flexibility index (Phi) is 2.97. The van der Waals surface area contributed by atoms with Gasteiger partial charge in [0.25, 0.3) is 0 Å². The minimum absolute atomic E-state index is 0.406. The average Bonchev–Trinajstić information content (AvgIpc) is 2.87. The van der Waals surface area contributed by atoms with Gasteiger partial charge in [-0.1, -0.05) is 20.8 Å². The fourth-order valence-electron chi connectivity index (χ4n) is 4.72. The van der Waals surface area contributed by atoms with Crippen molar-refractivity contribution in [2.24, 2.45) is 16.7 Å². The average molecular weight is 258 g/mol. The maximum absolute atomic E-state index is 4.11. The molecule has 2 nitrogen and oxygen atoms in total. The Bertz CT molecular complexity index is 449. The lowest BCUT2D eigenvalue weighted by molar-refractivity contribution is 0.100. The fourth-order valence-corrected chi connectivity index (χ4v) is 4.72. The van der Waals surface area contributed by atoms with Crippen molar-refractivity contribution in [2.45, 2.75) is 59.0 Å². The second kappa shape index (κ2) is 4.31. The van der Waals surface area contributed by atoms with Gasteiger partial charge < -0.3 is 5.32 Å². The molecule has 0 aliphatic heterocycles. The molecule has 2 aliphatic rings. The van der Waals surface area contributed by atoms with E-state index in [1.807, 2.05) is 12.4 Å². The number of hydrogen-bond acceptors (Lipinski definition) is 2. The Hall–Kier alpha value is -0.890. The minimum atomic E-state index is 0.406. The number of fused-ring (bicyclic) bond motifs is 2. The summed E-state index contributed by atoms with van der Waals surface area (Å²) in [4.78, 5) is 4.11. The first-order valence-electron chi connectivity index (χ1n) is 7.59. The van der Waals surface area contributed by atoms with Crippen LogP contribution in [0.25, 0.3) is 0 Å². The molecule has 1 aromatic heterocycles. The van der Waals surface area contributed by atoms with Crippen LogP contribution in [0.1, 0.15) is 58.6 Å². The highest BCUT2D eigenvalue weighted by Crippen LogP contribution is 2.62. The summed E-state index contributed by atoms with van der Waals surface area (Å²) in [5.74, 6) is 0.902. The topological polar surface area (TPSA) is 24.9 Å². The molecular formula is C17H26N2. The predicted molar refractivity (Wildman–Crippen MR) is 78.8 cm³/mol. The maximum Gasteiger partial charge on any atom is 0.0295 e. The van der Waals surface area contributed by atoms with Gasteiger partial charge in [-0.05, 0) is 60.6 Å². The van der Waals surface area contributed by atoms with Gasteiger partial charge in [0.15, 0.2) is 0 Å². The number of nitrogens with zero attached hydrogens (tertiary/aromatic N) is 1. The van der Waals surface area contributed by atoms with Gasteiger partial charge in [0.2, 0.25) is 0 Å². The molecule has 1 N–H and O–H groups in total. The van der Waals surface area contributed by atoms with E-state index in [4.69, 9.17) is 0 Å². The van der Waals surface area contributed by atoms with Crippen LogP contribution in [-0.2, 0) is 0 Å². The number of nitrogens with one attached hydrogen (secondary N) is 1. The molecule has 2 aliphatic carbocycles. The Morgan fingerprint density at radius 1 is 1.26 bits per heavy atom. The Labute approximate surface area is 117 Å². The number of rotatable bonds is 3. The summed E-state index contributed by atoms with van der Waals surface area (Å²) in [5.41, 5.74) is 2.26. The van der Waals surface area contributed by atoms with Crippen molar-refractivity contribution in [1.82, 2.24) is 10.3 Å². The van der Waals surface area contributed by atoms with Gasteiger partial charge in [-0.2, -0.15) is 0 Å². The third kappa shape index (κ3) is 2.01. The molecule has 1 heterocycles. The summed E-state index contributed by atoms with van der Waals surface area (Å²) < 4.78 is 0. The molecule has 3 rings (SSSR count). The standard InChI is InChI=1S/C17H26N2/c1-12(13-6-9-18-10-7-13)19-15-16(2,3)14-5-8-17(15,4)11-14/h6-7,9-10,12,14-15,19H,5,8,11H2,1-4H3/t12-,14+,15?,17-/m1/s1. The van der Waals surface area contributed by atoms with E-state index < -0.39 is 0 Å². The summed E-state index contributed by atoms with van der Waals surface area (Å²) >= 11 is 0. The van der Waals surface area contributed by atoms with Crippen molar-refractivity contribution in [2.75, 3.05) is 0 Å². The smallest absolute Gasteiger partial charge is 0.0295 e. The second-order valence-electron chi connectivity index (χ2n) is 7.52. The minimum Gasteiger partial charge on any atom is -0.306 e. The van der Waals surface area contributed by atoms with E-state index in [0.29, 0.717) is 22.9 Å². The molecule has 0 aromatic carbocycles. The van der Waals surface area contributed by atoms with Crippen LogP contribution in [-0.4, -0.2) is 11.0 Å². The first-order valence-corrected chi connectivity index (χ1v) is 7.59. The van der Waals surface area contributed by atoms with Crippen LogP contribution in [0.5, 0.6) is 0 Å². The Balaban J connectivity index is 1.80. The van der Waals surface area contributed by atoms with Gasteiger partial charge in [0, 0.05) is 24.5 Å². The zero-order chi connectivity index (χ0) is 13.7. The SMILES string of the molecule is C[C@@H](NC1C(C)(C)[C@H]2CC[C@]1(C)C2)c1ccncc1. The van der Waals surface area contributed by atoms with Crippen LogP contribution in [0.4, 0.5) is 0 Å². The largest absolute Gasteiger partial charge is 0.306 e. The molecule has 2 saturated carbocycles. The summed E-state index contributed by atoms with van der Waals surface area (Å²) in [6, 6.07) is 5.28. The highest BCUT2D eigenvalue weighted by Gasteiger charge is 2.59. The van der Waals surface area contributed by atoms with Crippen LogP contribution in [0.2, 0.25) is 0 Å². The van der Waals surface area contributed by atoms with Crippen LogP contribution in [0, 0.1) is 16.7 Å². The van der Waals surface area contributed by atoms with Gasteiger partial charge in [-0.25, -0.2) is 0 Å². The van der Waals surface area contributed by atoms with Crippen molar-refractivity contribution in [3.05, 3.63) is 30.1 Å². The molecule has 0 saturated heterocycles. The predicted octanol–water partition coefficient (Wildman–Crippen LogP) is 3.95. The molecule has 1 aromatic rings. The highest BCUT2D eigenvalue weighted by atomic mass is 15.0. The fraction of sp³-hybridized carbons (Fsp3) is 0.706. The number of hydrogen-bond donors (Lipinski definition) is 1. The summed E-state index contributed by atoms with van der Waals surface area (Å²) in [6.07, 6.45) is 8.00. The van der Waals surface area contributed by atoms with Crippen molar-refractivity contribution in [1.29, 1.82) is 0 Å². The van der Waals surface area contributed by atoms with Crippen LogP contribution in [0.15, 0.2) is 24.5 Å². The molecule has 2 fully saturated rings. The second-order valence-corrected chi connectivity index (χ2v) is 7.52. The quantitative estimate of drug-likeness (QED) is 0.888. The normalized spacial score (nSPS) is 37.5. The number of aromatic nitrogens is 1. The van der Waals surface area contributed by atoms with E-state index >= 15 is 0 Å². The molecule has 2 heteroatoms. The molecule has 1 unspecified atom stereocenters. The van der Waals surface area contributed by atoms with Gasteiger partial charge in [-0.15, -0.1) is 0 Å². The molecule has 0 spiro atoms. The lowest BCUT2D eigenvalue weighted by Crippen LogP contribution is -2.50. The Morgan fingerprint density at radius 2 is 1.95 bits per heavy atom. The van der Waals surface area contributed by atoms with E-state index in [1.54, 1.807) is 0 Å². The number of pyridine rings is 1. The lowest BCUT2D eigenvalue weighted by Gasteiger charge is -2.44. The molecule has 19 heavy (non-hydrogen) atoms. The summed E-state index contributed by atoms with van der Waals surface area (Å²) in [7, 11) is 0. The molecule has 4 atom stereocenters. The first kappa shape index (κ1) is 13.1. The van der Waals surface area contributed by atoms with E-state index in [9.17, 15) is 0 Å². The molecule has 0 radical (unpaired) electrons. The van der Waals surface area contributed by atoms with Gasteiger partial charge in [-0.3, -0.25) is 4.98 Å². The summed E-state index contributed by atoms with van der Waals surface area (Å²) in [5, 5.41) is 3.93. The monoisotopic (exact) mass is 258 g/mol. The molecular weight excluding hydrogens is 232 g/mol. The molecule has 0 amide bonds. The van der Waals surface area contributed by atoms with E-state index in [2.05, 4.69) is 50.1 Å². The van der Waals surface area contributed by atoms with Gasteiger partial charge in [0.1, 0.15) is 0 Å². The van der Waals surface area contributed by atoms with E-state index in [-0.39, 0.29) is 0 Å². The third-order valence-electron chi connectivity index (χ3n) is 5.89. The summed E-state index contributed by atoms with van der Waals surface area (Å²) in [6.45, 7) is 9.68. The highest BCUT2D eigenvalue weighted by molar-refractivity contribution is 5.18. The third-order valence-corrected chi connectivity index (χ3v) is 5.89. The van der Waals surface area contributed by atoms with Crippen LogP contribution < -0.4 is 5.32 Å². The lowest BCUT2D eigenvalue weighted by atomic mass is 9.68. The zero-order valence-electron chi connectivity index (χ0n) is 12.6. The van der Waals surface area contributed by atoms with Crippen molar-refractivity contribution in [3.8, 4) is 0 Å². The maximum atomic E-state index is 4.11. The van der Waals surface area contributed by atoms with Gasteiger partial charge in [0.05, 0.1) is 0 Å². The van der Waals surface area contributed by atoms with Crippen molar-refractivity contribution >= 4 is 0 Å². The van der Waals surface area contributed by atoms with Gasteiger partial charge >= 0.3 is 0 Å². The van der Waals surface area contributed by atoms with E-state index in [1.165, 1.54) is 24.8 Å². The van der Waals surface area contributed by atoms with Crippen LogP contribution in [0.3, 0.4) is 0 Å². The first-order chi connectivity index (χ1) is 8.93. The van der Waals surface area contributed by atoms with Crippen molar-refractivity contribution < 1.29 is 0 Å². The van der Waals surface area contributed by atoms with Crippen molar-refractivity contribution in [3.63, 3.8) is 0 Å². The zero-order valence-corrected chi connectivity index (χ0v) is 12.6. The van der Waals surface area contributed by atoms with Crippen LogP contribution >= 0.6 is 0 Å². The molecule has 104 valence electrons. The molecule has 2 bridgehead atoms. The van der Waals surface area contributed by atoms with E-state index in [0.717, 1.165) is 5.92 Å².